The first kappa shape index (κ1) is 20.4. The molecule has 1 aromatic heterocycles. The average molecular weight is 421 g/mol. The van der Waals surface area contributed by atoms with Crippen LogP contribution >= 0.6 is 11.6 Å². The van der Waals surface area contributed by atoms with Gasteiger partial charge in [0.1, 0.15) is 0 Å². The number of aromatic nitrogens is 2. The number of amides is 1. The van der Waals surface area contributed by atoms with Gasteiger partial charge in [0.2, 0.25) is 5.91 Å². The molecule has 0 saturated carbocycles. The fraction of sp³-hybridized carbons (Fsp3) is 0.292. The topological polar surface area (TPSA) is 58.1 Å². The molecule has 2 aromatic carbocycles. The van der Waals surface area contributed by atoms with Crippen molar-refractivity contribution >= 4 is 23.3 Å². The van der Waals surface area contributed by atoms with E-state index < -0.39 is 0 Å². The summed E-state index contributed by atoms with van der Waals surface area (Å²) in [5.41, 5.74) is 3.02. The summed E-state index contributed by atoms with van der Waals surface area (Å²) in [5, 5.41) is 12.6. The minimum Gasteiger partial charge on any atom is -0.355 e. The van der Waals surface area contributed by atoms with Gasteiger partial charge in [-0.05, 0) is 49.1 Å². The first-order valence-corrected chi connectivity index (χ1v) is 10.7. The van der Waals surface area contributed by atoms with Gasteiger partial charge in [-0.3, -0.25) is 4.79 Å². The number of anilines is 1. The van der Waals surface area contributed by atoms with E-state index in [0.717, 1.165) is 42.9 Å². The lowest BCUT2D eigenvalue weighted by Crippen LogP contribution is -2.43. The summed E-state index contributed by atoms with van der Waals surface area (Å²) in [6.45, 7) is 2.23. The Bertz CT molecular complexity index is 961. The number of benzene rings is 2. The lowest BCUT2D eigenvalue weighted by atomic mass is 9.97. The Labute approximate surface area is 182 Å². The van der Waals surface area contributed by atoms with Crippen molar-refractivity contribution in [3.05, 3.63) is 77.3 Å². The molecular weight excluding hydrogens is 396 g/mol. The Kier molecular flexibility index (Phi) is 6.60. The fourth-order valence-corrected chi connectivity index (χ4v) is 3.91. The van der Waals surface area contributed by atoms with Crippen molar-refractivity contribution in [1.29, 1.82) is 0 Å². The predicted octanol–water partition coefficient (Wildman–Crippen LogP) is 4.37. The number of carbonyl (C=O) groups excluding carboxylic acids is 1. The van der Waals surface area contributed by atoms with Crippen molar-refractivity contribution in [3.63, 3.8) is 0 Å². The molecule has 1 aliphatic heterocycles. The van der Waals surface area contributed by atoms with Gasteiger partial charge in [0.05, 0.1) is 11.6 Å². The zero-order chi connectivity index (χ0) is 20.8. The van der Waals surface area contributed by atoms with Crippen LogP contribution in [-0.4, -0.2) is 35.7 Å². The molecule has 0 spiro atoms. The monoisotopic (exact) mass is 420 g/mol. The predicted molar refractivity (Wildman–Crippen MR) is 121 cm³/mol. The van der Waals surface area contributed by atoms with Gasteiger partial charge < -0.3 is 10.2 Å². The molecule has 3 aromatic rings. The number of rotatable bonds is 6. The third-order valence-corrected chi connectivity index (χ3v) is 5.71. The number of piperidine rings is 1. The molecule has 2 heterocycles. The summed E-state index contributed by atoms with van der Waals surface area (Å²) in [6, 6.07) is 21.7. The SMILES string of the molecule is O=C(NCCc1ccccc1)C1CCCN(c2ccc(-c3ccc(Cl)cc3)nn2)C1. The highest BCUT2D eigenvalue weighted by Crippen LogP contribution is 2.24. The summed E-state index contributed by atoms with van der Waals surface area (Å²) < 4.78 is 0. The van der Waals surface area contributed by atoms with E-state index in [1.807, 2.05) is 54.6 Å². The minimum absolute atomic E-state index is 0.0211. The van der Waals surface area contributed by atoms with Crippen LogP contribution in [0.1, 0.15) is 18.4 Å². The maximum absolute atomic E-state index is 12.6. The van der Waals surface area contributed by atoms with Crippen LogP contribution in [0, 0.1) is 5.92 Å². The van der Waals surface area contributed by atoms with Gasteiger partial charge in [0.15, 0.2) is 5.82 Å². The highest BCUT2D eigenvalue weighted by atomic mass is 35.5. The van der Waals surface area contributed by atoms with Crippen LogP contribution in [-0.2, 0) is 11.2 Å². The summed E-state index contributed by atoms with van der Waals surface area (Å²) >= 11 is 5.95. The molecular formula is C24H25ClN4O. The number of nitrogens with one attached hydrogen (secondary N) is 1. The number of halogens is 1. The minimum atomic E-state index is -0.0211. The lowest BCUT2D eigenvalue weighted by Gasteiger charge is -2.32. The van der Waals surface area contributed by atoms with Crippen molar-refractivity contribution in [2.24, 2.45) is 5.92 Å². The van der Waals surface area contributed by atoms with E-state index in [1.54, 1.807) is 0 Å². The Hall–Kier alpha value is -2.92. The second kappa shape index (κ2) is 9.72. The Morgan fingerprint density at radius 3 is 2.57 bits per heavy atom. The lowest BCUT2D eigenvalue weighted by molar-refractivity contribution is -0.125. The van der Waals surface area contributed by atoms with E-state index in [4.69, 9.17) is 11.6 Å². The second-order valence-electron chi connectivity index (χ2n) is 7.60. The van der Waals surface area contributed by atoms with E-state index in [-0.39, 0.29) is 11.8 Å². The fourth-order valence-electron chi connectivity index (χ4n) is 3.79. The van der Waals surface area contributed by atoms with E-state index in [0.29, 0.717) is 18.1 Å². The molecule has 30 heavy (non-hydrogen) atoms. The molecule has 1 N–H and O–H groups in total. The summed E-state index contributed by atoms with van der Waals surface area (Å²) in [6.07, 6.45) is 2.72. The number of hydrogen-bond donors (Lipinski definition) is 1. The number of nitrogens with zero attached hydrogens (tertiary/aromatic N) is 3. The van der Waals surface area contributed by atoms with Gasteiger partial charge in [-0.15, -0.1) is 10.2 Å². The highest BCUT2D eigenvalue weighted by molar-refractivity contribution is 6.30. The molecule has 6 heteroatoms. The molecule has 4 rings (SSSR count). The van der Waals surface area contributed by atoms with Gasteiger partial charge in [0, 0.05) is 30.2 Å². The Morgan fingerprint density at radius 2 is 1.83 bits per heavy atom. The molecule has 1 amide bonds. The van der Waals surface area contributed by atoms with Crippen molar-refractivity contribution < 1.29 is 4.79 Å². The van der Waals surface area contributed by atoms with Crippen molar-refractivity contribution in [2.45, 2.75) is 19.3 Å². The van der Waals surface area contributed by atoms with Crippen LogP contribution in [0.5, 0.6) is 0 Å². The zero-order valence-corrected chi connectivity index (χ0v) is 17.6. The maximum Gasteiger partial charge on any atom is 0.224 e. The summed E-state index contributed by atoms with van der Waals surface area (Å²) in [5.74, 6) is 0.920. The van der Waals surface area contributed by atoms with E-state index in [9.17, 15) is 4.79 Å². The van der Waals surface area contributed by atoms with Gasteiger partial charge in [0.25, 0.3) is 0 Å². The van der Waals surface area contributed by atoms with Gasteiger partial charge in [-0.1, -0.05) is 54.1 Å². The van der Waals surface area contributed by atoms with E-state index in [2.05, 4.69) is 32.5 Å². The molecule has 154 valence electrons. The molecule has 1 aliphatic rings. The third-order valence-electron chi connectivity index (χ3n) is 5.46. The normalized spacial score (nSPS) is 16.3. The van der Waals surface area contributed by atoms with Crippen molar-refractivity contribution in [2.75, 3.05) is 24.5 Å². The largest absolute Gasteiger partial charge is 0.355 e. The molecule has 1 fully saturated rings. The maximum atomic E-state index is 12.6. The number of carbonyl (C=O) groups is 1. The van der Waals surface area contributed by atoms with Gasteiger partial charge >= 0.3 is 0 Å². The molecule has 5 nitrogen and oxygen atoms in total. The molecule has 1 saturated heterocycles. The summed E-state index contributed by atoms with van der Waals surface area (Å²) in [4.78, 5) is 14.8. The van der Waals surface area contributed by atoms with Crippen LogP contribution in [0.2, 0.25) is 5.02 Å². The highest BCUT2D eigenvalue weighted by Gasteiger charge is 2.26. The van der Waals surface area contributed by atoms with Crippen molar-refractivity contribution in [3.8, 4) is 11.3 Å². The van der Waals surface area contributed by atoms with Crippen LogP contribution in [0.15, 0.2) is 66.7 Å². The molecule has 1 unspecified atom stereocenters. The third kappa shape index (κ3) is 5.16. The second-order valence-corrected chi connectivity index (χ2v) is 8.03. The summed E-state index contributed by atoms with van der Waals surface area (Å²) in [7, 11) is 0. The number of hydrogen-bond acceptors (Lipinski definition) is 4. The first-order valence-electron chi connectivity index (χ1n) is 10.4. The average Bonchev–Trinajstić information content (AvgIpc) is 2.80. The van der Waals surface area contributed by atoms with Crippen LogP contribution in [0.4, 0.5) is 5.82 Å². The van der Waals surface area contributed by atoms with E-state index in [1.165, 1.54) is 5.56 Å². The van der Waals surface area contributed by atoms with Gasteiger partial charge in [-0.2, -0.15) is 0 Å². The van der Waals surface area contributed by atoms with Crippen LogP contribution in [0.25, 0.3) is 11.3 Å². The zero-order valence-electron chi connectivity index (χ0n) is 16.8. The van der Waals surface area contributed by atoms with Crippen LogP contribution in [0.3, 0.4) is 0 Å². The molecule has 0 bridgehead atoms. The van der Waals surface area contributed by atoms with E-state index >= 15 is 0 Å². The quantitative estimate of drug-likeness (QED) is 0.643. The standard InChI is InChI=1S/C24H25ClN4O/c25-21-10-8-19(9-11-21)22-12-13-23(28-27-22)29-16-4-7-20(17-29)24(30)26-15-14-18-5-2-1-3-6-18/h1-3,5-6,8-13,20H,4,7,14-17H2,(H,26,30). The molecule has 1 atom stereocenters. The van der Waals surface area contributed by atoms with Crippen LogP contribution < -0.4 is 10.2 Å². The van der Waals surface area contributed by atoms with Gasteiger partial charge in [-0.25, -0.2) is 0 Å². The Morgan fingerprint density at radius 1 is 1.03 bits per heavy atom. The smallest absolute Gasteiger partial charge is 0.224 e. The Balaban J connectivity index is 1.33. The first-order chi connectivity index (χ1) is 14.7. The van der Waals surface area contributed by atoms with Crippen molar-refractivity contribution in [1.82, 2.24) is 15.5 Å². The molecule has 0 aliphatic carbocycles. The molecule has 0 radical (unpaired) electrons.